The van der Waals surface area contributed by atoms with Crippen LogP contribution in [0, 0.1) is 6.92 Å². The summed E-state index contributed by atoms with van der Waals surface area (Å²) in [5.74, 6) is 3.06. The summed E-state index contributed by atoms with van der Waals surface area (Å²) in [6.07, 6.45) is 9.87. The summed E-state index contributed by atoms with van der Waals surface area (Å²) in [6, 6.07) is 0. The van der Waals surface area contributed by atoms with Gasteiger partial charge in [-0.2, -0.15) is 4.98 Å². The Hall–Kier alpha value is -2.98. The first-order valence-electron chi connectivity index (χ1n) is 11.1. The summed E-state index contributed by atoms with van der Waals surface area (Å²) >= 11 is 1.83. The van der Waals surface area contributed by atoms with Gasteiger partial charge in [-0.1, -0.05) is 5.16 Å². The van der Waals surface area contributed by atoms with Crippen LogP contribution in [0.5, 0.6) is 0 Å². The fraction of sp³-hybridized carbons (Fsp3) is 0.455. The third-order valence-electron chi connectivity index (χ3n) is 6.19. The average molecular weight is 449 g/mol. The number of piperazine rings is 1. The lowest BCUT2D eigenvalue weighted by atomic mass is 9.97. The molecule has 0 N–H and O–H groups in total. The number of hydrogen-bond acceptors (Lipinski definition) is 10. The summed E-state index contributed by atoms with van der Waals surface area (Å²) in [5, 5.41) is 5.29. The zero-order valence-corrected chi connectivity index (χ0v) is 18.8. The van der Waals surface area contributed by atoms with Crippen LogP contribution >= 0.6 is 11.3 Å². The second-order valence-electron chi connectivity index (χ2n) is 8.35. The number of aryl methyl sites for hydroxylation is 3. The van der Waals surface area contributed by atoms with Crippen molar-refractivity contribution in [2.24, 2.45) is 0 Å². The highest BCUT2D eigenvalue weighted by Gasteiger charge is 2.27. The first-order valence-corrected chi connectivity index (χ1v) is 11.9. The van der Waals surface area contributed by atoms with E-state index in [1.165, 1.54) is 28.7 Å². The molecule has 0 spiro atoms. The van der Waals surface area contributed by atoms with Crippen LogP contribution in [0.15, 0.2) is 23.1 Å². The van der Waals surface area contributed by atoms with E-state index in [1.54, 1.807) is 18.6 Å². The number of fused-ring (bicyclic) bond motifs is 3. The van der Waals surface area contributed by atoms with Crippen molar-refractivity contribution in [1.29, 1.82) is 0 Å². The molecular weight excluding hydrogens is 424 g/mol. The van der Waals surface area contributed by atoms with E-state index in [4.69, 9.17) is 14.5 Å². The molecule has 5 heterocycles. The molecule has 0 radical (unpaired) electrons. The van der Waals surface area contributed by atoms with Gasteiger partial charge < -0.3 is 9.42 Å². The molecule has 164 valence electrons. The molecule has 4 aromatic heterocycles. The first kappa shape index (κ1) is 19.7. The number of hydrogen-bond donors (Lipinski definition) is 0. The number of aromatic nitrogens is 6. The van der Waals surface area contributed by atoms with Crippen molar-refractivity contribution in [3.8, 4) is 11.5 Å². The fourth-order valence-corrected chi connectivity index (χ4v) is 5.88. The van der Waals surface area contributed by atoms with Crippen molar-refractivity contribution in [3.05, 3.63) is 40.7 Å². The van der Waals surface area contributed by atoms with Crippen molar-refractivity contribution in [3.63, 3.8) is 0 Å². The highest BCUT2D eigenvalue weighted by atomic mass is 32.1. The average Bonchev–Trinajstić information content (AvgIpc) is 3.42. The number of nitrogens with zero attached hydrogens (tertiary/aromatic N) is 8. The SMILES string of the molecule is Cc1nc(CN2CCN(c3nc(-c4cnccn4)nc4sc5c(c34)CCCC5)CC2)no1. The summed E-state index contributed by atoms with van der Waals surface area (Å²) < 4.78 is 5.12. The highest BCUT2D eigenvalue weighted by molar-refractivity contribution is 7.19. The van der Waals surface area contributed by atoms with Gasteiger partial charge in [0.2, 0.25) is 5.89 Å². The monoisotopic (exact) mass is 448 g/mol. The lowest BCUT2D eigenvalue weighted by Crippen LogP contribution is -2.46. The van der Waals surface area contributed by atoms with Crippen molar-refractivity contribution in [1.82, 2.24) is 35.0 Å². The third-order valence-corrected chi connectivity index (χ3v) is 7.38. The highest BCUT2D eigenvalue weighted by Crippen LogP contribution is 2.40. The Morgan fingerprint density at radius 3 is 2.69 bits per heavy atom. The van der Waals surface area contributed by atoms with Crippen LogP contribution in [-0.2, 0) is 19.4 Å². The van der Waals surface area contributed by atoms with Crippen LogP contribution in [0.1, 0.15) is 35.0 Å². The van der Waals surface area contributed by atoms with Crippen LogP contribution in [0.4, 0.5) is 5.82 Å². The van der Waals surface area contributed by atoms with E-state index < -0.39 is 0 Å². The molecule has 1 fully saturated rings. The Bertz CT molecular complexity index is 1250. The van der Waals surface area contributed by atoms with Crippen molar-refractivity contribution in [2.45, 2.75) is 39.2 Å². The minimum absolute atomic E-state index is 0.612. The smallest absolute Gasteiger partial charge is 0.223 e. The molecule has 2 aliphatic rings. The molecule has 0 amide bonds. The zero-order chi connectivity index (χ0) is 21.5. The van der Waals surface area contributed by atoms with Gasteiger partial charge in [-0.05, 0) is 31.2 Å². The normalized spacial score (nSPS) is 17.1. The fourth-order valence-electron chi connectivity index (χ4n) is 4.62. The molecule has 0 atom stereocenters. The van der Waals surface area contributed by atoms with E-state index in [2.05, 4.69) is 29.9 Å². The second kappa shape index (κ2) is 8.18. The molecule has 1 aliphatic carbocycles. The maximum absolute atomic E-state index is 5.12. The van der Waals surface area contributed by atoms with E-state index in [0.29, 0.717) is 24.0 Å². The molecule has 6 rings (SSSR count). The Labute approximate surface area is 189 Å². The van der Waals surface area contributed by atoms with Gasteiger partial charge in [0.05, 0.1) is 18.1 Å². The largest absolute Gasteiger partial charge is 0.353 e. The van der Waals surface area contributed by atoms with Crippen molar-refractivity contribution < 1.29 is 4.52 Å². The van der Waals surface area contributed by atoms with Crippen LogP contribution in [0.25, 0.3) is 21.7 Å². The van der Waals surface area contributed by atoms with Gasteiger partial charge in [0.15, 0.2) is 11.6 Å². The molecule has 4 aromatic rings. The third kappa shape index (κ3) is 3.63. The number of rotatable bonds is 4. The van der Waals surface area contributed by atoms with E-state index in [9.17, 15) is 0 Å². The molecule has 0 unspecified atom stereocenters. The molecule has 0 aromatic carbocycles. The molecule has 0 saturated carbocycles. The second-order valence-corrected chi connectivity index (χ2v) is 9.43. The lowest BCUT2D eigenvalue weighted by molar-refractivity contribution is 0.239. The van der Waals surface area contributed by atoms with Crippen LogP contribution < -0.4 is 4.90 Å². The molecule has 1 saturated heterocycles. The standard InChI is InChI=1S/C22H24N8OS/c1-14-25-18(28-31-14)13-29-8-10-30(11-9-29)21-19-15-4-2-3-5-17(15)32-22(19)27-20(26-21)16-12-23-6-7-24-16/h6-7,12H,2-5,8-11,13H2,1H3. The Balaban J connectivity index is 1.34. The minimum atomic E-state index is 0.612. The maximum atomic E-state index is 5.12. The summed E-state index contributed by atoms with van der Waals surface area (Å²) in [5.41, 5.74) is 2.18. The van der Waals surface area contributed by atoms with E-state index in [-0.39, 0.29) is 0 Å². The van der Waals surface area contributed by atoms with Crippen LogP contribution in [-0.4, -0.2) is 61.2 Å². The minimum Gasteiger partial charge on any atom is -0.353 e. The molecule has 32 heavy (non-hydrogen) atoms. The van der Waals surface area contributed by atoms with Gasteiger partial charge in [-0.3, -0.25) is 9.88 Å². The molecule has 9 nitrogen and oxygen atoms in total. The molecule has 0 bridgehead atoms. The van der Waals surface area contributed by atoms with Gasteiger partial charge in [-0.15, -0.1) is 11.3 Å². The molecule has 10 heteroatoms. The van der Waals surface area contributed by atoms with E-state index in [1.807, 2.05) is 18.3 Å². The van der Waals surface area contributed by atoms with Gasteiger partial charge in [0.25, 0.3) is 0 Å². The Morgan fingerprint density at radius 1 is 1.03 bits per heavy atom. The zero-order valence-electron chi connectivity index (χ0n) is 18.0. The van der Waals surface area contributed by atoms with Crippen molar-refractivity contribution >= 4 is 27.4 Å². The summed E-state index contributed by atoms with van der Waals surface area (Å²) in [4.78, 5) is 30.3. The summed E-state index contributed by atoms with van der Waals surface area (Å²) in [6.45, 7) is 6.17. The number of thiophene rings is 1. The van der Waals surface area contributed by atoms with Gasteiger partial charge in [0.1, 0.15) is 16.3 Å². The Kier molecular flexibility index (Phi) is 5.03. The predicted molar refractivity (Wildman–Crippen MR) is 122 cm³/mol. The van der Waals surface area contributed by atoms with Gasteiger partial charge in [-0.25, -0.2) is 15.0 Å². The topological polar surface area (TPSA) is 97.0 Å². The quantitative estimate of drug-likeness (QED) is 0.466. The van der Waals surface area contributed by atoms with Gasteiger partial charge in [0, 0.05) is 50.4 Å². The van der Waals surface area contributed by atoms with Crippen molar-refractivity contribution in [2.75, 3.05) is 31.1 Å². The van der Waals surface area contributed by atoms with E-state index in [0.717, 1.165) is 55.5 Å². The van der Waals surface area contributed by atoms with E-state index >= 15 is 0 Å². The summed E-state index contributed by atoms with van der Waals surface area (Å²) in [7, 11) is 0. The number of anilines is 1. The molecular formula is C22H24N8OS. The van der Waals surface area contributed by atoms with Crippen LogP contribution in [0.3, 0.4) is 0 Å². The predicted octanol–water partition coefficient (Wildman–Crippen LogP) is 3.04. The first-order chi connectivity index (χ1) is 15.7. The molecule has 1 aliphatic heterocycles. The Morgan fingerprint density at radius 2 is 1.91 bits per heavy atom. The lowest BCUT2D eigenvalue weighted by Gasteiger charge is -2.35. The van der Waals surface area contributed by atoms with Crippen LogP contribution in [0.2, 0.25) is 0 Å². The van der Waals surface area contributed by atoms with Gasteiger partial charge >= 0.3 is 0 Å². The maximum Gasteiger partial charge on any atom is 0.223 e.